The molecular formula is C42H49P6Zr+. The van der Waals surface area contributed by atoms with Gasteiger partial charge in [-0.05, 0) is 209 Å². The molecule has 0 amide bonds. The van der Waals surface area contributed by atoms with Crippen LogP contribution < -0.4 is 0 Å². The molecule has 0 aliphatic rings. The van der Waals surface area contributed by atoms with Gasteiger partial charge in [-0.2, -0.15) is 0 Å². The zero-order valence-electron chi connectivity index (χ0n) is 31.2. The second-order valence-electron chi connectivity index (χ2n) is 12.9. The molecule has 0 radical (unpaired) electrons. The summed E-state index contributed by atoms with van der Waals surface area (Å²) in [6.45, 7) is 26.4. The molecule has 0 spiro atoms. The Morgan fingerprint density at radius 1 is 0.388 bits per heavy atom. The normalized spacial score (nSPS) is 11.3. The van der Waals surface area contributed by atoms with Gasteiger partial charge in [0, 0.05) is 47.4 Å². The van der Waals surface area contributed by atoms with Crippen molar-refractivity contribution in [1.82, 2.24) is 0 Å². The summed E-state index contributed by atoms with van der Waals surface area (Å²) >= 11 is 0. The van der Waals surface area contributed by atoms with Gasteiger partial charge in [-0.15, -0.1) is 0 Å². The van der Waals surface area contributed by atoms with Crippen LogP contribution in [0.1, 0.15) is 66.8 Å². The fourth-order valence-corrected chi connectivity index (χ4v) is 12.1. The van der Waals surface area contributed by atoms with E-state index in [0.717, 1.165) is 8.19 Å². The first-order valence-electron chi connectivity index (χ1n) is 16.4. The van der Waals surface area contributed by atoms with E-state index in [2.05, 4.69) is 154 Å². The first kappa shape index (κ1) is 42.2. The average Bonchev–Trinajstić information content (AvgIpc) is 3.06. The second kappa shape index (κ2) is 19.6. The van der Waals surface area contributed by atoms with Gasteiger partial charge in [0.2, 0.25) is 0 Å². The number of hydrogen-bond donors (Lipinski definition) is 0. The van der Waals surface area contributed by atoms with Crippen molar-refractivity contribution in [3.63, 3.8) is 0 Å². The van der Waals surface area contributed by atoms with E-state index >= 15 is 0 Å². The van der Waals surface area contributed by atoms with Gasteiger partial charge < -0.3 is 0 Å². The van der Waals surface area contributed by atoms with Crippen LogP contribution in [0, 0.1) is 83.1 Å². The van der Waals surface area contributed by atoms with E-state index in [1.54, 1.807) is 0 Å². The number of hydrogen-bond acceptors (Lipinski definition) is 0. The Kier molecular flexibility index (Phi) is 16.9. The number of rotatable bonds is 3. The van der Waals surface area contributed by atoms with Crippen molar-refractivity contribution >= 4 is 49.2 Å². The maximum atomic E-state index is 2.37. The van der Waals surface area contributed by atoms with Crippen LogP contribution in [0.5, 0.6) is 0 Å². The van der Waals surface area contributed by atoms with Crippen molar-refractivity contribution in [1.29, 1.82) is 0 Å². The van der Waals surface area contributed by atoms with Gasteiger partial charge in [0.05, 0.1) is 5.30 Å². The first-order chi connectivity index (χ1) is 22.7. The second-order valence-corrected chi connectivity index (χ2v) is 19.0. The minimum atomic E-state index is 0. The van der Waals surface area contributed by atoms with Crippen molar-refractivity contribution in [2.24, 2.45) is 0 Å². The van der Waals surface area contributed by atoms with Gasteiger partial charge in [-0.1, -0.05) is 47.0 Å². The maximum Gasteiger partial charge on any atom is 0.158 e. The summed E-state index contributed by atoms with van der Waals surface area (Å²) in [5.74, 6) is 13.9. The quantitative estimate of drug-likeness (QED) is 0.167. The van der Waals surface area contributed by atoms with Crippen LogP contribution in [0.15, 0.2) is 71.2 Å². The van der Waals surface area contributed by atoms with Crippen LogP contribution in [0.4, 0.5) is 0 Å². The fraction of sp³-hybridized carbons (Fsp3) is 0.286. The Morgan fingerprint density at radius 2 is 0.735 bits per heavy atom. The molecule has 0 aromatic carbocycles. The van der Waals surface area contributed by atoms with Crippen LogP contribution >= 0.6 is 49.2 Å². The summed E-state index contributed by atoms with van der Waals surface area (Å²) in [5.41, 5.74) is 16.9. The fourth-order valence-electron chi connectivity index (χ4n) is 4.77. The zero-order chi connectivity index (χ0) is 35.1. The topological polar surface area (TPSA) is 0 Å². The van der Waals surface area contributed by atoms with Gasteiger partial charge >= 0.3 is 0 Å². The molecule has 0 aliphatic heterocycles. The molecule has 6 aromatic rings. The molecule has 6 aromatic heterocycles. The molecule has 7 heteroatoms. The van der Waals surface area contributed by atoms with Crippen molar-refractivity contribution in [2.45, 2.75) is 83.1 Å². The molecule has 0 fully saturated rings. The van der Waals surface area contributed by atoms with Gasteiger partial charge in [-0.25, -0.2) is 0 Å². The van der Waals surface area contributed by atoms with Crippen LogP contribution in [0.2, 0.25) is 0 Å². The molecule has 250 valence electrons. The minimum Gasteiger partial charge on any atom is -0.0672 e. The minimum absolute atomic E-state index is 0. The summed E-state index contributed by atoms with van der Waals surface area (Å²) < 4.78 is 0. The Bertz CT molecular complexity index is 1870. The van der Waals surface area contributed by atoms with E-state index < -0.39 is 0 Å². The molecule has 49 heavy (non-hydrogen) atoms. The van der Waals surface area contributed by atoms with E-state index in [-0.39, 0.29) is 26.2 Å². The number of aryl methyl sites for hydroxylation is 11. The maximum absolute atomic E-state index is 2.37. The van der Waals surface area contributed by atoms with Gasteiger partial charge in [-0.3, -0.25) is 0 Å². The molecule has 0 saturated heterocycles. The molecular weight excluding hydrogens is 782 g/mol. The third-order valence-corrected chi connectivity index (χ3v) is 16.8. The summed E-state index contributed by atoms with van der Waals surface area (Å²) in [6, 6.07) is 13.9. The van der Waals surface area contributed by atoms with Crippen LogP contribution in [0.3, 0.4) is 0 Å². The van der Waals surface area contributed by atoms with Crippen molar-refractivity contribution in [3.05, 3.63) is 138 Å². The van der Waals surface area contributed by atoms with Crippen LogP contribution in [0.25, 0.3) is 31.8 Å². The van der Waals surface area contributed by atoms with E-state index in [1.165, 1.54) is 139 Å². The zero-order valence-corrected chi connectivity index (χ0v) is 39.1. The molecule has 0 N–H and O–H groups in total. The molecule has 1 atom stereocenters. The van der Waals surface area contributed by atoms with Crippen LogP contribution in [-0.4, -0.2) is 0 Å². The Hall–Kier alpha value is -1.22. The van der Waals surface area contributed by atoms with E-state index in [9.17, 15) is 0 Å². The Balaban J connectivity index is 0.000000197. The summed E-state index contributed by atoms with van der Waals surface area (Å²) in [6.07, 6.45) is 0. The predicted octanol–water partition coefficient (Wildman–Crippen LogP) is 17.0. The third kappa shape index (κ3) is 11.6. The molecule has 6 rings (SSSR count). The third-order valence-electron chi connectivity index (χ3n) is 9.17. The van der Waals surface area contributed by atoms with Crippen molar-refractivity contribution < 1.29 is 26.2 Å². The Morgan fingerprint density at radius 3 is 1.06 bits per heavy atom. The molecule has 0 saturated carbocycles. The summed E-state index contributed by atoms with van der Waals surface area (Å²) in [7, 11) is 7.54. The van der Waals surface area contributed by atoms with Gasteiger partial charge in [0.25, 0.3) is 0 Å². The van der Waals surface area contributed by atoms with Gasteiger partial charge in [0.1, 0.15) is 14.0 Å². The molecule has 0 bridgehead atoms. The SMILES string of the molecule is Cc1c[pH+]c(-c2pccc(C)c2C)cc1C.Cc1cpc(-c2cc(C)c(C)cp2)cc1C.Cc1cpc(-c2cc(C)c(C)cp2)cc1C.[Zr]. The first-order valence-corrected chi connectivity index (χ1v) is 22.3. The molecule has 6 heterocycles. The van der Waals surface area contributed by atoms with Crippen molar-refractivity contribution in [3.8, 4) is 31.8 Å². The smallest absolute Gasteiger partial charge is 0.0672 e. The van der Waals surface area contributed by atoms with Crippen molar-refractivity contribution in [2.75, 3.05) is 0 Å². The summed E-state index contributed by atoms with van der Waals surface area (Å²) in [5, 5.41) is 8.84. The van der Waals surface area contributed by atoms with E-state index in [4.69, 9.17) is 0 Å². The Labute approximate surface area is 325 Å². The van der Waals surface area contributed by atoms with E-state index in [0.29, 0.717) is 0 Å². The molecule has 1 unspecified atom stereocenters. The molecule has 0 nitrogen and oxygen atoms in total. The molecule has 0 aliphatic carbocycles. The van der Waals surface area contributed by atoms with E-state index in [1.807, 2.05) is 0 Å². The summed E-state index contributed by atoms with van der Waals surface area (Å²) in [4.78, 5) is 0. The largest absolute Gasteiger partial charge is 0.158 e. The predicted molar refractivity (Wildman–Crippen MR) is 229 cm³/mol. The average molecular weight is 831 g/mol. The van der Waals surface area contributed by atoms with Gasteiger partial charge in [0.15, 0.2) is 5.30 Å². The monoisotopic (exact) mass is 829 g/mol. The standard InChI is InChI=1S/3C14H16P2.Zr/c2*1-9-5-13(15-7-11(9)3)14-6-10(2)12(4)8-16-14;1-9-5-6-15-14(12(9)4)13-7-10(2)11(3)8-16-13;/h3*5-8H,1-4H3;/p+1. The van der Waals surface area contributed by atoms with Crippen LogP contribution in [-0.2, 0) is 26.2 Å².